The zero-order valence-corrected chi connectivity index (χ0v) is 19.2. The molecule has 31 heavy (non-hydrogen) atoms. The molecular formula is C28H35FO2. The molecule has 0 heterocycles. The molecule has 3 rings (SSSR count). The van der Waals surface area contributed by atoms with Gasteiger partial charge in [-0.25, -0.2) is 4.39 Å². The summed E-state index contributed by atoms with van der Waals surface area (Å²) in [6.07, 6.45) is 8.89. The van der Waals surface area contributed by atoms with Gasteiger partial charge in [-0.2, -0.15) is 0 Å². The molecule has 2 nitrogen and oxygen atoms in total. The van der Waals surface area contributed by atoms with Gasteiger partial charge >= 0.3 is 5.97 Å². The Morgan fingerprint density at radius 1 is 1.13 bits per heavy atom. The third-order valence-corrected chi connectivity index (χ3v) is 6.05. The zero-order valence-electron chi connectivity index (χ0n) is 19.2. The molecule has 2 aromatic rings. The minimum Gasteiger partial charge on any atom is -0.466 e. The Bertz CT molecular complexity index is 941. The van der Waals surface area contributed by atoms with Gasteiger partial charge in [-0.15, -0.1) is 6.58 Å². The molecule has 3 heteroatoms. The molecule has 0 spiro atoms. The van der Waals surface area contributed by atoms with Gasteiger partial charge in [0.25, 0.3) is 0 Å². The molecule has 0 amide bonds. The van der Waals surface area contributed by atoms with E-state index >= 15 is 4.39 Å². The summed E-state index contributed by atoms with van der Waals surface area (Å²) in [4.78, 5) is 11.9. The van der Waals surface area contributed by atoms with Crippen LogP contribution in [0, 0.1) is 19.7 Å². The number of benzene rings is 2. The third kappa shape index (κ3) is 6.06. The fourth-order valence-corrected chi connectivity index (χ4v) is 4.47. The van der Waals surface area contributed by atoms with Gasteiger partial charge in [-0.05, 0) is 117 Å². The van der Waals surface area contributed by atoms with Crippen molar-refractivity contribution in [1.82, 2.24) is 0 Å². The van der Waals surface area contributed by atoms with Crippen molar-refractivity contribution >= 4 is 5.97 Å². The Kier molecular flexibility index (Phi) is 8.06. The number of carbonyl (C=O) groups is 1. The second-order valence-corrected chi connectivity index (χ2v) is 8.77. The van der Waals surface area contributed by atoms with Gasteiger partial charge in [-0.1, -0.05) is 23.8 Å². The highest BCUT2D eigenvalue weighted by molar-refractivity contribution is 5.74. The molecule has 0 atom stereocenters. The van der Waals surface area contributed by atoms with E-state index in [9.17, 15) is 4.79 Å². The molecule has 0 bridgehead atoms. The predicted octanol–water partition coefficient (Wildman–Crippen LogP) is 7.38. The molecule has 2 aromatic carbocycles. The predicted molar refractivity (Wildman–Crippen MR) is 126 cm³/mol. The van der Waals surface area contributed by atoms with Gasteiger partial charge in [-0.3, -0.25) is 4.79 Å². The van der Waals surface area contributed by atoms with Crippen LogP contribution < -0.4 is 0 Å². The van der Waals surface area contributed by atoms with Gasteiger partial charge in [0.1, 0.15) is 5.82 Å². The summed E-state index contributed by atoms with van der Waals surface area (Å²) in [5.41, 5.74) is 7.56. The smallest absolute Gasteiger partial charge is 0.306 e. The van der Waals surface area contributed by atoms with E-state index < -0.39 is 0 Å². The topological polar surface area (TPSA) is 26.3 Å². The summed E-state index contributed by atoms with van der Waals surface area (Å²) < 4.78 is 20.3. The monoisotopic (exact) mass is 422 g/mol. The molecule has 1 saturated carbocycles. The maximum atomic E-state index is 15.3. The first-order valence-electron chi connectivity index (χ1n) is 11.6. The van der Waals surface area contributed by atoms with Gasteiger partial charge < -0.3 is 4.74 Å². The lowest BCUT2D eigenvalue weighted by Gasteiger charge is -2.18. The van der Waals surface area contributed by atoms with Crippen LogP contribution in [-0.4, -0.2) is 12.6 Å². The van der Waals surface area contributed by atoms with Crippen LogP contribution in [0.25, 0.3) is 11.1 Å². The molecule has 0 unspecified atom stereocenters. The van der Waals surface area contributed by atoms with Crippen LogP contribution in [-0.2, 0) is 22.4 Å². The van der Waals surface area contributed by atoms with Gasteiger partial charge in [0, 0.05) is 6.42 Å². The van der Waals surface area contributed by atoms with Crippen LogP contribution in [0.1, 0.15) is 79.2 Å². The number of unbranched alkanes of at least 4 members (excludes halogenated alkanes) is 2. The second-order valence-electron chi connectivity index (χ2n) is 8.77. The van der Waals surface area contributed by atoms with E-state index in [2.05, 4.69) is 38.6 Å². The maximum absolute atomic E-state index is 15.3. The van der Waals surface area contributed by atoms with Crippen LogP contribution in [0.3, 0.4) is 0 Å². The zero-order chi connectivity index (χ0) is 22.4. The quantitative estimate of drug-likeness (QED) is 0.214. The number of halogens is 1. The largest absolute Gasteiger partial charge is 0.466 e. The Labute approximate surface area is 186 Å². The standard InChI is InChI=1S/C28H35FO2/c1-5-7-8-9-10-22-16-19(3)15-20(4)27(22)24-17-23(13-14-26(30)31-6-2)28(29)25(18-24)21-11-12-21/h5,15-18,21H,1,6-14H2,2-4H3. The number of carbonyl (C=O) groups excluding carboxylic acids is 1. The van der Waals surface area contributed by atoms with Crippen molar-refractivity contribution in [3.8, 4) is 11.1 Å². The van der Waals surface area contributed by atoms with Crippen LogP contribution in [0.4, 0.5) is 4.39 Å². The van der Waals surface area contributed by atoms with E-state index in [1.54, 1.807) is 6.92 Å². The molecule has 166 valence electrons. The van der Waals surface area contributed by atoms with E-state index in [-0.39, 0.29) is 18.2 Å². The Morgan fingerprint density at radius 3 is 2.58 bits per heavy atom. The van der Waals surface area contributed by atoms with Crippen LogP contribution >= 0.6 is 0 Å². The molecular weight excluding hydrogens is 387 g/mol. The van der Waals surface area contributed by atoms with E-state index in [0.717, 1.165) is 49.7 Å². The summed E-state index contributed by atoms with van der Waals surface area (Å²) in [6.45, 7) is 10.2. The second kappa shape index (κ2) is 10.7. The fourth-order valence-electron chi connectivity index (χ4n) is 4.47. The summed E-state index contributed by atoms with van der Waals surface area (Å²) in [5.74, 6) is -0.0920. The first-order chi connectivity index (χ1) is 14.9. The summed E-state index contributed by atoms with van der Waals surface area (Å²) >= 11 is 0. The molecule has 0 aliphatic heterocycles. The lowest BCUT2D eigenvalue weighted by Crippen LogP contribution is -2.07. The summed E-state index contributed by atoms with van der Waals surface area (Å²) in [7, 11) is 0. The van der Waals surface area contributed by atoms with Crippen molar-refractivity contribution in [3.63, 3.8) is 0 Å². The number of hydrogen-bond donors (Lipinski definition) is 0. The molecule has 1 fully saturated rings. The Hall–Kier alpha value is -2.42. The van der Waals surface area contributed by atoms with Gasteiger partial charge in [0.05, 0.1) is 6.61 Å². The third-order valence-electron chi connectivity index (χ3n) is 6.05. The van der Waals surface area contributed by atoms with Crippen molar-refractivity contribution in [3.05, 3.63) is 70.6 Å². The normalized spacial score (nSPS) is 13.3. The average Bonchev–Trinajstić information content (AvgIpc) is 3.56. The van der Waals surface area contributed by atoms with E-state index in [4.69, 9.17) is 4.74 Å². The first kappa shape index (κ1) is 23.2. The van der Waals surface area contributed by atoms with Crippen LogP contribution in [0.2, 0.25) is 0 Å². The summed E-state index contributed by atoms with van der Waals surface area (Å²) in [6, 6.07) is 8.51. The van der Waals surface area contributed by atoms with E-state index in [1.165, 1.54) is 22.3 Å². The number of allylic oxidation sites excluding steroid dienone is 1. The number of ether oxygens (including phenoxy) is 1. The van der Waals surface area contributed by atoms with E-state index in [0.29, 0.717) is 24.5 Å². The SMILES string of the molecule is C=CCCCCc1cc(C)cc(C)c1-c1cc(CCC(=O)OCC)c(F)c(C2CC2)c1. The highest BCUT2D eigenvalue weighted by Gasteiger charge is 2.29. The van der Waals surface area contributed by atoms with Crippen molar-refractivity contribution in [2.45, 2.75) is 78.1 Å². The molecule has 0 saturated heterocycles. The van der Waals surface area contributed by atoms with Crippen molar-refractivity contribution in [1.29, 1.82) is 0 Å². The minimum absolute atomic E-state index is 0.132. The van der Waals surface area contributed by atoms with Gasteiger partial charge in [0.2, 0.25) is 0 Å². The Morgan fingerprint density at radius 2 is 1.90 bits per heavy atom. The molecule has 0 radical (unpaired) electrons. The molecule has 0 aromatic heterocycles. The van der Waals surface area contributed by atoms with Crippen molar-refractivity contribution in [2.24, 2.45) is 0 Å². The van der Waals surface area contributed by atoms with Crippen molar-refractivity contribution < 1.29 is 13.9 Å². The van der Waals surface area contributed by atoms with Crippen LogP contribution in [0.15, 0.2) is 36.9 Å². The highest BCUT2D eigenvalue weighted by Crippen LogP contribution is 2.44. The number of esters is 1. The minimum atomic E-state index is -0.269. The van der Waals surface area contributed by atoms with Crippen LogP contribution in [0.5, 0.6) is 0 Å². The molecule has 1 aliphatic carbocycles. The Balaban J connectivity index is 1.99. The van der Waals surface area contributed by atoms with E-state index in [1.807, 2.05) is 12.1 Å². The maximum Gasteiger partial charge on any atom is 0.306 e. The van der Waals surface area contributed by atoms with Crippen molar-refractivity contribution in [2.75, 3.05) is 6.61 Å². The number of rotatable bonds is 11. The molecule has 0 N–H and O–H groups in total. The van der Waals surface area contributed by atoms with Gasteiger partial charge in [0.15, 0.2) is 0 Å². The number of hydrogen-bond acceptors (Lipinski definition) is 2. The lowest BCUT2D eigenvalue weighted by molar-refractivity contribution is -0.143. The summed E-state index contributed by atoms with van der Waals surface area (Å²) in [5, 5.41) is 0. The first-order valence-corrected chi connectivity index (χ1v) is 11.6. The fraction of sp³-hybridized carbons (Fsp3) is 0.464. The highest BCUT2D eigenvalue weighted by atomic mass is 19.1. The number of aryl methyl sites for hydroxylation is 4. The molecule has 1 aliphatic rings. The average molecular weight is 423 g/mol. The lowest BCUT2D eigenvalue weighted by atomic mass is 9.87.